The molecule has 27 heteroatoms. The summed E-state index contributed by atoms with van der Waals surface area (Å²) in [6, 6.07) is 53.8. The molecular weight excluding hydrogens is 1480 g/mol. The first-order chi connectivity index (χ1) is 52.5. The Morgan fingerprint density at radius 2 is 1.05 bits per heavy atom. The van der Waals surface area contributed by atoms with Crippen molar-refractivity contribution in [1.29, 1.82) is 0 Å². The maximum absolute atomic E-state index is 15.7. The lowest BCUT2D eigenvalue weighted by molar-refractivity contribution is -0.135. The molecular formula is C81H73N9O12S6. The summed E-state index contributed by atoms with van der Waals surface area (Å²) in [5, 5.41) is 8.17. The van der Waals surface area contributed by atoms with Gasteiger partial charge >= 0.3 is 0 Å². The molecule has 0 aliphatic heterocycles. The van der Waals surface area contributed by atoms with Crippen LogP contribution in [0.1, 0.15) is 87.7 Å². The highest BCUT2D eigenvalue weighted by atomic mass is 32.2. The predicted molar refractivity (Wildman–Crippen MR) is 425 cm³/mol. The Kier molecular flexibility index (Phi) is 23.5. The average molecular weight is 1560 g/mol. The zero-order chi connectivity index (χ0) is 74.7. The van der Waals surface area contributed by atoms with Crippen LogP contribution in [0.3, 0.4) is 0 Å². The van der Waals surface area contributed by atoms with E-state index in [4.69, 9.17) is 18.0 Å². The van der Waals surface area contributed by atoms with Crippen LogP contribution < -0.4 is 35.6 Å². The number of benzene rings is 5. The van der Waals surface area contributed by atoms with Gasteiger partial charge in [0.25, 0.3) is 0 Å². The van der Waals surface area contributed by atoms with Crippen molar-refractivity contribution >= 4 is 118 Å². The molecule has 9 heterocycles. The van der Waals surface area contributed by atoms with Crippen molar-refractivity contribution in [1.82, 2.24) is 43.8 Å². The van der Waals surface area contributed by atoms with Crippen LogP contribution in [0.15, 0.2) is 271 Å². The summed E-state index contributed by atoms with van der Waals surface area (Å²) in [7, 11) is -2.98. The molecule has 0 saturated heterocycles. The summed E-state index contributed by atoms with van der Waals surface area (Å²) < 4.78 is 62.9. The zero-order valence-electron chi connectivity index (χ0n) is 58.4. The molecule has 0 bridgehead atoms. The Hall–Kier alpha value is -10.6. The third-order valence-corrected chi connectivity index (χ3v) is 24.1. The quantitative estimate of drug-likeness (QED) is 0.0165. The van der Waals surface area contributed by atoms with Crippen LogP contribution in [-0.2, 0) is 63.7 Å². The molecule has 3 atom stereocenters. The third kappa shape index (κ3) is 18.2. The molecule has 0 radical (unpaired) electrons. The highest BCUT2D eigenvalue weighted by Crippen LogP contribution is 2.36. The Balaban J connectivity index is 0.727. The number of para-hydroxylation sites is 1. The summed E-state index contributed by atoms with van der Waals surface area (Å²) in [5.41, 5.74) is 5.30. The Morgan fingerprint density at radius 3 is 1.62 bits per heavy atom. The molecule has 21 nitrogen and oxygen atoms in total. The van der Waals surface area contributed by atoms with Gasteiger partial charge in [0.1, 0.15) is 35.1 Å². The fourth-order valence-electron chi connectivity index (χ4n) is 12.7. The van der Waals surface area contributed by atoms with E-state index in [9.17, 15) is 27.6 Å². The van der Waals surface area contributed by atoms with E-state index in [0.29, 0.717) is 52.2 Å². The minimum atomic E-state index is -4.42. The predicted octanol–water partition coefficient (Wildman–Crippen LogP) is 16.1. The summed E-state index contributed by atoms with van der Waals surface area (Å²) in [6.45, 7) is 2.96. The molecule has 3 amide bonds. The second-order valence-corrected chi connectivity index (χ2v) is 32.4. The molecule has 14 aromatic rings. The van der Waals surface area contributed by atoms with Crippen LogP contribution in [0.2, 0.25) is 0 Å². The molecule has 5 aromatic carbocycles. The molecule has 14 rings (SSSR count). The fraction of sp³-hybridized carbons (Fsp3) is 0.185. The van der Waals surface area contributed by atoms with Crippen LogP contribution in [0.5, 0.6) is 5.75 Å². The van der Waals surface area contributed by atoms with Gasteiger partial charge in [0.2, 0.25) is 44.4 Å². The van der Waals surface area contributed by atoms with E-state index in [-0.39, 0.29) is 77.4 Å². The maximum Gasteiger partial charge on any atom is 0.248 e. The minimum absolute atomic E-state index is 0.0247. The Labute approximate surface area is 641 Å². The number of H-pyrrole nitrogens is 3. The number of amides is 3. The molecule has 0 fully saturated rings. The van der Waals surface area contributed by atoms with Crippen molar-refractivity contribution in [2.45, 2.75) is 105 Å². The lowest BCUT2D eigenvalue weighted by Gasteiger charge is -2.28. The first kappa shape index (κ1) is 74.3. The number of ether oxygens (including phenoxy) is 1. The highest BCUT2D eigenvalue weighted by molar-refractivity contribution is 7.97. The fourth-order valence-corrected chi connectivity index (χ4v) is 18.1. The number of nitrogens with one attached hydrogen (secondary N) is 6. The lowest BCUT2D eigenvalue weighted by Crippen LogP contribution is -2.43. The van der Waals surface area contributed by atoms with E-state index in [1.165, 1.54) is 107 Å². The Bertz CT molecular complexity index is 5790. The van der Waals surface area contributed by atoms with Gasteiger partial charge in [0.15, 0.2) is 0 Å². The van der Waals surface area contributed by atoms with E-state index >= 15 is 9.59 Å². The molecule has 6 N–H and O–H groups in total. The molecule has 108 heavy (non-hydrogen) atoms. The van der Waals surface area contributed by atoms with E-state index in [2.05, 4.69) is 36.0 Å². The molecule has 9 aromatic heterocycles. The summed E-state index contributed by atoms with van der Waals surface area (Å²) in [4.78, 5) is 100. The van der Waals surface area contributed by atoms with Crippen LogP contribution in [-0.4, -0.2) is 68.9 Å². The minimum Gasteiger partial charge on any atom is -0.496 e. The first-order valence-electron chi connectivity index (χ1n) is 34.7. The molecule has 0 aliphatic rings. The number of nitrogens with zero attached hydrogens (tertiary/aromatic N) is 3. The van der Waals surface area contributed by atoms with Crippen molar-refractivity contribution in [2.24, 2.45) is 0 Å². The maximum atomic E-state index is 15.7. The number of sulfonamides is 1. The first-order valence-corrected chi connectivity index (χ1v) is 40.5. The van der Waals surface area contributed by atoms with Gasteiger partial charge in [-0.3, -0.25) is 28.8 Å². The highest BCUT2D eigenvalue weighted by Gasteiger charge is 2.35. The monoisotopic (exact) mass is 1560 g/mol. The van der Waals surface area contributed by atoms with Crippen molar-refractivity contribution in [2.75, 3.05) is 7.11 Å². The molecule has 550 valence electrons. The van der Waals surface area contributed by atoms with E-state index in [0.717, 1.165) is 82.2 Å². The van der Waals surface area contributed by atoms with E-state index in [1.807, 2.05) is 124 Å². The Morgan fingerprint density at radius 1 is 0.500 bits per heavy atom. The van der Waals surface area contributed by atoms with Crippen molar-refractivity contribution in [3.05, 3.63) is 303 Å². The number of hydrogen-bond acceptors (Lipinski definition) is 19. The number of carbonyl (C=O) groups is 3. The second-order valence-electron chi connectivity index (χ2n) is 25.8. The van der Waals surface area contributed by atoms with Gasteiger partial charge in [0.05, 0.1) is 76.1 Å². The average Bonchev–Trinajstić information content (AvgIpc) is 0.795. The number of hydrogen-bond donors (Lipinski definition) is 6. The molecule has 0 spiro atoms. The number of aromatic amines is 3. The van der Waals surface area contributed by atoms with E-state index in [1.54, 1.807) is 77.3 Å². The van der Waals surface area contributed by atoms with Gasteiger partial charge in [0, 0.05) is 75.9 Å². The van der Waals surface area contributed by atoms with Gasteiger partial charge in [-0.15, -0.1) is 34.0 Å². The number of aromatic nitrogens is 3. The number of rotatable bonds is 33. The lowest BCUT2D eigenvalue weighted by atomic mass is 10.0. The van der Waals surface area contributed by atoms with Gasteiger partial charge in [-0.25, -0.2) is 17.9 Å². The smallest absolute Gasteiger partial charge is 0.248 e. The summed E-state index contributed by atoms with van der Waals surface area (Å²) >= 11 is 7.18. The van der Waals surface area contributed by atoms with Crippen molar-refractivity contribution in [3.63, 3.8) is 0 Å². The normalized spacial score (nSPS) is 12.5. The van der Waals surface area contributed by atoms with Crippen molar-refractivity contribution < 1.29 is 40.8 Å². The van der Waals surface area contributed by atoms with Crippen molar-refractivity contribution in [3.8, 4) is 28.0 Å². The summed E-state index contributed by atoms with van der Waals surface area (Å²) in [6.07, 6.45) is 8.29. The molecule has 0 saturated carbocycles. The number of furan rings is 3. The number of thiophene rings is 3. The van der Waals surface area contributed by atoms with Crippen LogP contribution in [0, 0.1) is 0 Å². The number of fused-ring (bicyclic) bond motifs is 3. The number of methoxy groups -OCH3 is 1. The number of unbranched alkanes of at least 4 members (excludes halogenated alkanes) is 2. The van der Waals surface area contributed by atoms with Gasteiger partial charge in [-0.1, -0.05) is 80.8 Å². The second kappa shape index (κ2) is 34.1. The third-order valence-electron chi connectivity index (χ3n) is 18.2. The zero-order valence-corrected chi connectivity index (χ0v) is 63.3. The molecule has 1 unspecified atom stereocenters. The SMILES string of the molecule is CCCCC[C@H](NSc1ccc2[nH]c(=O)ccc2c1)C(=O)N(Cc1cc(-c2csc(CN(Cc3cc(-c4csc(CN(Cc5ccco5)C(=O)[C@@H](NS(=O)(=O)c5ccc6[nH]c(=O)ccc6c5)c5ccccc5OC)c4)co3)C(=O)C(NSc3ccc4[nH]c(=O)ccc4c3)c3ccccc3)c2)co1)Cc1cccs1. The summed E-state index contributed by atoms with van der Waals surface area (Å²) in [5.74, 6) is 0.933. The number of carbonyl (C=O) groups excluding carboxylic acids is 3. The topological polar surface area (TPSA) is 278 Å². The van der Waals surface area contributed by atoms with Crippen LogP contribution in [0.25, 0.3) is 55.0 Å². The molecule has 0 aliphatic carbocycles. The standard InChI is InChI=1S/C81H73N9O12S6/c1-3-4-6-18-72(85-106-62-23-26-69-52(36-62)20-29-74(91)82-69)79(94)88(44-64-16-12-33-103-64)42-60-34-55(47-101-60)58-39-66(105-50-58)46-90(80(95)77(51-13-7-5-8-14-51)86-107-63-24-27-70-53(37-63)21-30-75(92)83-70)43-61-35-56(48-102-61)57-38-65(104-49-57)45-89(41-59-15-11-32-100-59)81(96)78(68-17-9-10-19-73(68)99-2)87-108(97,98)67-25-28-71-54(40-67)22-31-76(93)84-71/h5,7-17,19-40,47-50,72,77-78,85-87H,3-4,6,18,41-46H2,1-2H3,(H,82,91)(H,83,92)(H,84,93)/t72-,77?,78-/m0/s1. The largest absolute Gasteiger partial charge is 0.496 e. The van der Waals surface area contributed by atoms with Crippen LogP contribution in [0.4, 0.5) is 0 Å². The van der Waals surface area contributed by atoms with Gasteiger partial charge < -0.3 is 47.6 Å². The van der Waals surface area contributed by atoms with Gasteiger partial charge in [-0.05, 0) is 201 Å². The van der Waals surface area contributed by atoms with E-state index < -0.39 is 34.1 Å². The van der Waals surface area contributed by atoms with Gasteiger partial charge in [-0.2, -0.15) is 4.72 Å². The van der Waals surface area contributed by atoms with Crippen LogP contribution >= 0.6 is 57.9 Å². The number of pyridine rings is 3.